The van der Waals surface area contributed by atoms with Crippen molar-refractivity contribution in [3.63, 3.8) is 0 Å². The number of hydrogen-bond acceptors (Lipinski definition) is 6. The summed E-state index contributed by atoms with van der Waals surface area (Å²) in [5.41, 5.74) is 4.36. The molecule has 9 nitrogen and oxygen atoms in total. The van der Waals surface area contributed by atoms with Gasteiger partial charge < -0.3 is 24.6 Å². The lowest BCUT2D eigenvalue weighted by molar-refractivity contribution is -0.884. The summed E-state index contributed by atoms with van der Waals surface area (Å²) in [6.07, 6.45) is 0. The minimum absolute atomic E-state index is 0.0490. The second kappa shape index (κ2) is 11.7. The van der Waals surface area contributed by atoms with E-state index in [4.69, 9.17) is 9.73 Å². The summed E-state index contributed by atoms with van der Waals surface area (Å²) < 4.78 is 4.83. The molecule has 3 aromatic carbocycles. The third-order valence-corrected chi connectivity index (χ3v) is 7.40. The summed E-state index contributed by atoms with van der Waals surface area (Å²) >= 11 is 0. The van der Waals surface area contributed by atoms with E-state index in [9.17, 15) is 14.7 Å². The largest absolute Gasteiger partial charge is 0.494 e. The molecule has 0 unspecified atom stereocenters. The van der Waals surface area contributed by atoms with Crippen molar-refractivity contribution in [1.82, 2.24) is 9.88 Å². The zero-order chi connectivity index (χ0) is 28.2. The normalized spacial score (nSPS) is 14.8. The van der Waals surface area contributed by atoms with E-state index in [1.165, 1.54) is 12.0 Å². The Hall–Kier alpha value is -4.47. The van der Waals surface area contributed by atoms with Crippen LogP contribution >= 0.6 is 0 Å². The molecule has 0 bridgehead atoms. The quantitative estimate of drug-likeness (QED) is 0.247. The number of ether oxygens (including phenoxy) is 1. The zero-order valence-corrected chi connectivity index (χ0v) is 23.0. The molecule has 1 aliphatic rings. The van der Waals surface area contributed by atoms with Gasteiger partial charge in [-0.2, -0.15) is 0 Å². The van der Waals surface area contributed by atoms with Crippen molar-refractivity contribution in [2.24, 2.45) is 4.99 Å². The van der Waals surface area contributed by atoms with Crippen LogP contribution in [-0.4, -0.2) is 86.5 Å². The molecule has 5 rings (SSSR count). The van der Waals surface area contributed by atoms with Crippen molar-refractivity contribution < 1.29 is 24.3 Å². The first-order chi connectivity index (χ1) is 19.3. The summed E-state index contributed by atoms with van der Waals surface area (Å²) in [5.74, 6) is -0.453. The molecule has 206 valence electrons. The number of nitrogens with zero attached hydrogens (tertiary/aromatic N) is 3. The number of aromatic nitrogens is 1. The lowest BCUT2D eigenvalue weighted by Crippen LogP contribution is -3.12. The van der Waals surface area contributed by atoms with E-state index in [1.54, 1.807) is 30.1 Å². The first-order valence-electron chi connectivity index (χ1n) is 13.3. The number of aromatic hydroxyl groups is 1. The Kier molecular flexibility index (Phi) is 7.95. The van der Waals surface area contributed by atoms with Crippen molar-refractivity contribution in [2.75, 3.05) is 58.8 Å². The van der Waals surface area contributed by atoms with Crippen molar-refractivity contribution in [2.45, 2.75) is 0 Å². The van der Waals surface area contributed by atoms with Crippen molar-refractivity contribution in [3.05, 3.63) is 89.5 Å². The van der Waals surface area contributed by atoms with Crippen LogP contribution in [0.1, 0.15) is 21.5 Å². The van der Waals surface area contributed by atoms with Gasteiger partial charge in [-0.15, -0.1) is 0 Å². The molecule has 4 aromatic rings. The molecule has 0 aliphatic carbocycles. The van der Waals surface area contributed by atoms with Gasteiger partial charge in [0.25, 0.3) is 0 Å². The molecule has 40 heavy (non-hydrogen) atoms. The summed E-state index contributed by atoms with van der Waals surface area (Å²) in [5, 5.41) is 11.7. The maximum atomic E-state index is 12.9. The Morgan fingerprint density at radius 2 is 1.73 bits per heavy atom. The highest BCUT2D eigenvalue weighted by Gasteiger charge is 2.22. The molecular formula is C31H34N5O4+. The maximum absolute atomic E-state index is 12.9. The summed E-state index contributed by atoms with van der Waals surface area (Å²) in [6.45, 7) is 4.34. The van der Waals surface area contributed by atoms with Gasteiger partial charge >= 0.3 is 5.97 Å². The van der Waals surface area contributed by atoms with E-state index in [1.807, 2.05) is 54.6 Å². The third kappa shape index (κ3) is 5.75. The Labute approximate surface area is 233 Å². The van der Waals surface area contributed by atoms with Crippen LogP contribution in [0.2, 0.25) is 0 Å². The first kappa shape index (κ1) is 27.1. The van der Waals surface area contributed by atoms with Crippen LogP contribution in [0, 0.1) is 0 Å². The number of H-pyrrole nitrogens is 1. The fraction of sp³-hybridized carbons (Fsp3) is 0.258. The van der Waals surface area contributed by atoms with Gasteiger partial charge in [0.15, 0.2) is 5.88 Å². The number of carbonyl (C=O) groups is 2. The van der Waals surface area contributed by atoms with Gasteiger partial charge in [-0.25, -0.2) is 9.79 Å². The number of likely N-dealkylation sites (N-methyl/N-ethyl adjacent to an activating group) is 2. The van der Waals surface area contributed by atoms with Crippen LogP contribution < -0.4 is 9.80 Å². The Balaban J connectivity index is 1.44. The topological polar surface area (TPSA) is 103 Å². The van der Waals surface area contributed by atoms with E-state index in [2.05, 4.69) is 16.9 Å². The SMILES string of the molecule is COC(=O)c1ccc2c(C(=Nc3ccc(N(C)C(=O)CN4CC[NH+](C)CC4)cc3)c3ccccc3)c(O)[nH]c2c1. The molecule has 1 saturated heterocycles. The lowest BCUT2D eigenvalue weighted by Gasteiger charge is -2.30. The predicted molar refractivity (Wildman–Crippen MR) is 156 cm³/mol. The molecule has 0 atom stereocenters. The smallest absolute Gasteiger partial charge is 0.337 e. The number of aromatic amines is 1. The molecule has 0 saturated carbocycles. The average molecular weight is 541 g/mol. The van der Waals surface area contributed by atoms with Gasteiger partial charge in [-0.05, 0) is 36.4 Å². The van der Waals surface area contributed by atoms with Gasteiger partial charge in [0.2, 0.25) is 5.91 Å². The molecule has 2 heterocycles. The highest BCUT2D eigenvalue weighted by Crippen LogP contribution is 2.32. The minimum atomic E-state index is -0.456. The highest BCUT2D eigenvalue weighted by atomic mass is 16.5. The van der Waals surface area contributed by atoms with Crippen molar-refractivity contribution in [3.8, 4) is 5.88 Å². The van der Waals surface area contributed by atoms with Gasteiger partial charge in [0.05, 0.1) is 56.3 Å². The molecule has 1 fully saturated rings. The predicted octanol–water partition coefficient (Wildman–Crippen LogP) is 2.62. The Bertz CT molecular complexity index is 1540. The summed E-state index contributed by atoms with van der Waals surface area (Å²) in [4.78, 5) is 38.2. The number of carbonyl (C=O) groups excluding carboxylic acids is 2. The zero-order valence-electron chi connectivity index (χ0n) is 23.0. The molecule has 1 aromatic heterocycles. The third-order valence-electron chi connectivity index (χ3n) is 7.40. The van der Waals surface area contributed by atoms with Crippen LogP contribution in [0.15, 0.2) is 77.8 Å². The second-order valence-corrected chi connectivity index (χ2v) is 10.1. The number of benzene rings is 3. The van der Waals surface area contributed by atoms with E-state index < -0.39 is 5.97 Å². The van der Waals surface area contributed by atoms with Crippen LogP contribution in [0.25, 0.3) is 10.9 Å². The molecule has 1 amide bonds. The first-order valence-corrected chi connectivity index (χ1v) is 13.3. The number of fused-ring (bicyclic) bond motifs is 1. The minimum Gasteiger partial charge on any atom is -0.494 e. The van der Waals surface area contributed by atoms with E-state index in [-0.39, 0.29) is 11.8 Å². The number of esters is 1. The number of nitrogens with one attached hydrogen (secondary N) is 2. The average Bonchev–Trinajstić information content (AvgIpc) is 3.31. The highest BCUT2D eigenvalue weighted by molar-refractivity contribution is 6.22. The Morgan fingerprint density at radius 3 is 2.40 bits per heavy atom. The van der Waals surface area contributed by atoms with E-state index >= 15 is 0 Å². The molecular weight excluding hydrogens is 506 g/mol. The van der Waals surface area contributed by atoms with Crippen molar-refractivity contribution >= 4 is 39.9 Å². The molecule has 0 radical (unpaired) electrons. The Morgan fingerprint density at radius 1 is 1.02 bits per heavy atom. The monoisotopic (exact) mass is 540 g/mol. The number of anilines is 1. The molecule has 3 N–H and O–H groups in total. The number of methoxy groups -OCH3 is 1. The molecule has 0 spiro atoms. The summed E-state index contributed by atoms with van der Waals surface area (Å²) in [7, 11) is 5.31. The van der Waals surface area contributed by atoms with Gasteiger partial charge in [-0.3, -0.25) is 9.69 Å². The van der Waals surface area contributed by atoms with E-state index in [0.29, 0.717) is 34.6 Å². The molecule has 1 aliphatic heterocycles. The van der Waals surface area contributed by atoms with Gasteiger partial charge in [-0.1, -0.05) is 36.4 Å². The fourth-order valence-corrected chi connectivity index (χ4v) is 4.94. The molecule has 9 heteroatoms. The lowest BCUT2D eigenvalue weighted by atomic mass is 10.00. The number of quaternary nitrogens is 1. The van der Waals surface area contributed by atoms with Crippen LogP contribution in [0.3, 0.4) is 0 Å². The summed E-state index contributed by atoms with van der Waals surface area (Å²) in [6, 6.07) is 22.2. The van der Waals surface area contributed by atoms with Crippen molar-refractivity contribution in [1.29, 1.82) is 0 Å². The van der Waals surface area contributed by atoms with Crippen LogP contribution in [0.5, 0.6) is 5.88 Å². The number of amides is 1. The number of aliphatic imine (C=N–C) groups is 1. The second-order valence-electron chi connectivity index (χ2n) is 10.1. The maximum Gasteiger partial charge on any atom is 0.337 e. The van der Waals surface area contributed by atoms with Crippen LogP contribution in [-0.2, 0) is 9.53 Å². The van der Waals surface area contributed by atoms with Gasteiger partial charge in [0, 0.05) is 42.3 Å². The number of piperazine rings is 1. The fourth-order valence-electron chi connectivity index (χ4n) is 4.94. The van der Waals surface area contributed by atoms with Gasteiger partial charge in [0.1, 0.15) is 0 Å². The van der Waals surface area contributed by atoms with E-state index in [0.717, 1.165) is 42.8 Å². The number of rotatable bonds is 7. The number of hydrogen-bond donors (Lipinski definition) is 3. The standard InChI is InChI=1S/C31H33N5O4/c1-34-15-17-36(18-16-34)20-27(37)35(2)24-12-10-23(11-13-24)32-29(21-7-5-4-6-8-21)28-25-14-9-22(31(39)40-3)19-26(25)33-30(28)38/h4-14,19,33,38H,15-18,20H2,1-3H3/p+1. The van der Waals surface area contributed by atoms with Crippen LogP contribution in [0.4, 0.5) is 11.4 Å².